The molecule has 1 fully saturated rings. The summed E-state index contributed by atoms with van der Waals surface area (Å²) >= 11 is 0. The third-order valence-electron chi connectivity index (χ3n) is 3.77. The van der Waals surface area contributed by atoms with Gasteiger partial charge in [0.25, 0.3) is 0 Å². The van der Waals surface area contributed by atoms with Gasteiger partial charge in [0.15, 0.2) is 0 Å². The minimum absolute atomic E-state index is 0. The molecule has 1 atom stereocenters. The molecule has 0 bridgehead atoms. The summed E-state index contributed by atoms with van der Waals surface area (Å²) in [7, 11) is 0. The Balaban J connectivity index is 0.00000108. The SMILES string of the molecule is O=C1NCCC12CCNc1cc[c-]cc1C2.[V]. The summed E-state index contributed by atoms with van der Waals surface area (Å²) in [6.07, 6.45) is 2.73. The van der Waals surface area contributed by atoms with Crippen molar-refractivity contribution in [1.82, 2.24) is 5.32 Å². The predicted molar refractivity (Wildman–Crippen MR) is 62.1 cm³/mol. The van der Waals surface area contributed by atoms with Crippen LogP contribution in [0.5, 0.6) is 0 Å². The van der Waals surface area contributed by atoms with Gasteiger partial charge in [0.1, 0.15) is 0 Å². The fourth-order valence-electron chi connectivity index (χ4n) is 2.80. The number of nitrogens with one attached hydrogen (secondary N) is 2. The Bertz CT molecular complexity index is 435. The molecule has 2 aliphatic heterocycles. The van der Waals surface area contributed by atoms with E-state index >= 15 is 0 Å². The summed E-state index contributed by atoms with van der Waals surface area (Å²) in [6.45, 7) is 1.70. The zero-order valence-corrected chi connectivity index (χ0v) is 11.0. The van der Waals surface area contributed by atoms with Gasteiger partial charge in [-0.05, 0) is 12.8 Å². The monoisotopic (exact) mass is 266 g/mol. The molecule has 1 radical (unpaired) electrons. The number of anilines is 1. The molecule has 0 aliphatic carbocycles. The fraction of sp³-hybridized carbons (Fsp3) is 0.462. The molecule has 1 unspecified atom stereocenters. The van der Waals surface area contributed by atoms with Crippen molar-refractivity contribution in [1.29, 1.82) is 0 Å². The van der Waals surface area contributed by atoms with Crippen molar-refractivity contribution in [2.75, 3.05) is 18.4 Å². The largest absolute Gasteiger partial charge is 0.406 e. The van der Waals surface area contributed by atoms with Crippen LogP contribution in [-0.2, 0) is 29.8 Å². The molecule has 1 amide bonds. The van der Waals surface area contributed by atoms with Crippen molar-refractivity contribution in [3.05, 3.63) is 29.8 Å². The van der Waals surface area contributed by atoms with E-state index in [-0.39, 0.29) is 29.9 Å². The van der Waals surface area contributed by atoms with Gasteiger partial charge < -0.3 is 10.6 Å². The standard InChI is InChI=1S/C13H15N2O.V/c16-12-13(6-8-15-12)5-7-14-11-4-2-1-3-10(11)9-13;/h2-4,14H,5-9H2,(H,15,16);/q-1;. The van der Waals surface area contributed by atoms with Crippen molar-refractivity contribution in [3.8, 4) is 0 Å². The molecule has 3 nitrogen and oxygen atoms in total. The van der Waals surface area contributed by atoms with Gasteiger partial charge in [-0.25, -0.2) is 0 Å². The van der Waals surface area contributed by atoms with Gasteiger partial charge in [0.2, 0.25) is 5.91 Å². The first-order valence-electron chi connectivity index (χ1n) is 5.81. The summed E-state index contributed by atoms with van der Waals surface area (Å²) in [5.41, 5.74) is 2.21. The molecule has 4 heteroatoms. The zero-order chi connectivity index (χ0) is 11.0. The van der Waals surface area contributed by atoms with Gasteiger partial charge in [0, 0.05) is 37.1 Å². The van der Waals surface area contributed by atoms with Crippen LogP contribution >= 0.6 is 0 Å². The van der Waals surface area contributed by atoms with E-state index in [0.717, 1.165) is 38.0 Å². The molecule has 17 heavy (non-hydrogen) atoms. The van der Waals surface area contributed by atoms with Crippen LogP contribution in [0.3, 0.4) is 0 Å². The smallest absolute Gasteiger partial charge is 0.225 e. The third kappa shape index (κ3) is 2.09. The van der Waals surface area contributed by atoms with Crippen molar-refractivity contribution in [2.24, 2.45) is 5.41 Å². The summed E-state index contributed by atoms with van der Waals surface area (Å²) in [5.74, 6) is 0.228. The maximum atomic E-state index is 12.0. The predicted octanol–water partition coefficient (Wildman–Crippen LogP) is 1.35. The van der Waals surface area contributed by atoms with Crippen molar-refractivity contribution in [3.63, 3.8) is 0 Å². The molecule has 1 spiro atoms. The second-order valence-corrected chi connectivity index (χ2v) is 4.72. The Kier molecular flexibility index (Phi) is 3.50. The Morgan fingerprint density at radius 1 is 1.24 bits per heavy atom. The van der Waals surface area contributed by atoms with Gasteiger partial charge in [-0.3, -0.25) is 4.79 Å². The van der Waals surface area contributed by atoms with Gasteiger partial charge in [-0.2, -0.15) is 18.2 Å². The molecule has 2 heterocycles. The minimum atomic E-state index is -0.173. The van der Waals surface area contributed by atoms with Crippen LogP contribution in [0.15, 0.2) is 18.2 Å². The van der Waals surface area contributed by atoms with E-state index in [4.69, 9.17) is 0 Å². The van der Waals surface area contributed by atoms with Crippen LogP contribution in [0.4, 0.5) is 5.69 Å². The molecular weight excluding hydrogens is 251 g/mol. The number of fused-ring (bicyclic) bond motifs is 1. The second kappa shape index (κ2) is 4.75. The van der Waals surface area contributed by atoms with Crippen LogP contribution < -0.4 is 10.6 Å². The Morgan fingerprint density at radius 3 is 2.76 bits per heavy atom. The maximum Gasteiger partial charge on any atom is 0.225 e. The van der Waals surface area contributed by atoms with Crippen LogP contribution in [0.2, 0.25) is 0 Å². The first-order valence-corrected chi connectivity index (χ1v) is 5.81. The number of benzene rings is 1. The molecule has 89 valence electrons. The molecular formula is C13H15N2OV-. The molecule has 1 aromatic carbocycles. The first kappa shape index (κ1) is 12.5. The number of amides is 1. The zero-order valence-electron chi connectivity index (χ0n) is 9.62. The summed E-state index contributed by atoms with van der Waals surface area (Å²) in [4.78, 5) is 12.0. The van der Waals surface area contributed by atoms with Gasteiger partial charge in [-0.1, -0.05) is 12.1 Å². The van der Waals surface area contributed by atoms with Crippen LogP contribution in [0.1, 0.15) is 18.4 Å². The van der Waals surface area contributed by atoms with Gasteiger partial charge in [-0.15, -0.1) is 11.6 Å². The fourth-order valence-corrected chi connectivity index (χ4v) is 2.80. The second-order valence-electron chi connectivity index (χ2n) is 4.72. The third-order valence-corrected chi connectivity index (χ3v) is 3.77. The van der Waals surface area contributed by atoms with Crippen molar-refractivity contribution >= 4 is 11.6 Å². The summed E-state index contributed by atoms with van der Waals surface area (Å²) in [6, 6.07) is 9.06. The normalized spacial score (nSPS) is 26.5. The van der Waals surface area contributed by atoms with E-state index in [1.807, 2.05) is 18.2 Å². The van der Waals surface area contributed by atoms with E-state index in [0.29, 0.717) is 0 Å². The summed E-state index contributed by atoms with van der Waals surface area (Å²) < 4.78 is 0. The van der Waals surface area contributed by atoms with Gasteiger partial charge in [0.05, 0.1) is 0 Å². The van der Waals surface area contributed by atoms with E-state index in [1.165, 1.54) is 5.56 Å². The minimum Gasteiger partial charge on any atom is -0.406 e. The van der Waals surface area contributed by atoms with Crippen molar-refractivity contribution < 1.29 is 23.4 Å². The van der Waals surface area contributed by atoms with E-state index in [9.17, 15) is 4.79 Å². The maximum absolute atomic E-state index is 12.0. The molecule has 2 N–H and O–H groups in total. The number of hydrogen-bond acceptors (Lipinski definition) is 2. The number of carbonyl (C=O) groups excluding carboxylic acids is 1. The average molecular weight is 266 g/mol. The van der Waals surface area contributed by atoms with E-state index < -0.39 is 0 Å². The molecule has 2 aliphatic rings. The van der Waals surface area contributed by atoms with Crippen LogP contribution in [-0.4, -0.2) is 19.0 Å². The average Bonchev–Trinajstić information content (AvgIpc) is 2.54. The van der Waals surface area contributed by atoms with Crippen LogP contribution in [0.25, 0.3) is 0 Å². The van der Waals surface area contributed by atoms with E-state index in [2.05, 4.69) is 16.7 Å². The van der Waals surface area contributed by atoms with Crippen molar-refractivity contribution in [2.45, 2.75) is 19.3 Å². The van der Waals surface area contributed by atoms with Gasteiger partial charge >= 0.3 is 0 Å². The Morgan fingerprint density at radius 2 is 2.00 bits per heavy atom. The first-order chi connectivity index (χ1) is 7.80. The number of rotatable bonds is 0. The Labute approximate surface area is 113 Å². The topological polar surface area (TPSA) is 41.1 Å². The number of hydrogen-bond donors (Lipinski definition) is 2. The van der Waals surface area contributed by atoms with E-state index in [1.54, 1.807) is 0 Å². The molecule has 1 saturated heterocycles. The number of carbonyl (C=O) groups is 1. The molecule has 3 rings (SSSR count). The molecule has 0 aromatic heterocycles. The quantitative estimate of drug-likeness (QED) is 0.696. The summed E-state index contributed by atoms with van der Waals surface area (Å²) in [5, 5.41) is 6.36. The Hall–Kier alpha value is -0.926. The molecule has 1 aromatic rings. The van der Waals surface area contributed by atoms with Crippen LogP contribution in [0, 0.1) is 11.5 Å². The molecule has 0 saturated carbocycles.